The molecule has 0 aliphatic rings. The van der Waals surface area contributed by atoms with Gasteiger partial charge in [-0.3, -0.25) is 0 Å². The maximum absolute atomic E-state index is 2.38. The zero-order chi connectivity index (χ0) is 31.3. The number of hydrogen-bond donors (Lipinski definition) is 0. The Labute approximate surface area is 275 Å². The van der Waals surface area contributed by atoms with Crippen molar-refractivity contribution < 1.29 is 0 Å². The molecule has 0 aromatic heterocycles. The normalized spacial score (nSPS) is 11.5. The molecule has 0 heterocycles. The van der Waals surface area contributed by atoms with Crippen molar-refractivity contribution in [2.24, 2.45) is 0 Å². The third kappa shape index (κ3) is 4.61. The number of hydrogen-bond acceptors (Lipinski definition) is 0. The van der Waals surface area contributed by atoms with Crippen LogP contribution in [-0.4, -0.2) is 0 Å². The number of benzene rings is 9. The van der Waals surface area contributed by atoms with E-state index < -0.39 is 0 Å². The summed E-state index contributed by atoms with van der Waals surface area (Å²) in [5.41, 5.74) is 11.3. The van der Waals surface area contributed by atoms with Gasteiger partial charge in [-0.1, -0.05) is 169 Å². The highest BCUT2D eigenvalue weighted by molar-refractivity contribution is 6.22. The molecule has 9 aromatic carbocycles. The Morgan fingerprint density at radius 2 is 0.681 bits per heavy atom. The third-order valence-corrected chi connectivity index (χ3v) is 9.68. The summed E-state index contributed by atoms with van der Waals surface area (Å²) in [6.07, 6.45) is 0. The van der Waals surface area contributed by atoms with Crippen molar-refractivity contribution in [1.82, 2.24) is 0 Å². The molecule has 0 amide bonds. The first kappa shape index (κ1) is 27.3. The predicted octanol–water partition coefficient (Wildman–Crippen LogP) is 13.3. The lowest BCUT2D eigenvalue weighted by Crippen LogP contribution is -1.92. The highest BCUT2D eigenvalue weighted by atomic mass is 14.2. The van der Waals surface area contributed by atoms with Gasteiger partial charge in [-0.25, -0.2) is 0 Å². The zero-order valence-corrected chi connectivity index (χ0v) is 26.2. The first-order valence-corrected chi connectivity index (χ1v) is 16.4. The maximum atomic E-state index is 2.38. The molecule has 220 valence electrons. The smallest absolute Gasteiger partial charge is 0.00261 e. The van der Waals surface area contributed by atoms with Crippen LogP contribution >= 0.6 is 0 Å². The quantitative estimate of drug-likeness (QED) is 0.177. The van der Waals surface area contributed by atoms with Crippen molar-refractivity contribution in [2.75, 3.05) is 0 Å². The third-order valence-electron chi connectivity index (χ3n) is 9.68. The molecule has 0 spiro atoms. The van der Waals surface area contributed by atoms with Crippen LogP contribution in [-0.2, 0) is 0 Å². The lowest BCUT2D eigenvalue weighted by atomic mass is 9.84. The van der Waals surface area contributed by atoms with E-state index in [-0.39, 0.29) is 0 Å². The van der Waals surface area contributed by atoms with E-state index in [9.17, 15) is 0 Å². The van der Waals surface area contributed by atoms with Crippen molar-refractivity contribution in [3.8, 4) is 44.5 Å². The van der Waals surface area contributed by atoms with E-state index in [1.54, 1.807) is 0 Å². The van der Waals surface area contributed by atoms with Gasteiger partial charge in [0.15, 0.2) is 0 Å². The van der Waals surface area contributed by atoms with E-state index >= 15 is 0 Å². The summed E-state index contributed by atoms with van der Waals surface area (Å²) in [4.78, 5) is 0. The Bertz CT molecular complexity index is 2630. The van der Waals surface area contributed by atoms with Gasteiger partial charge in [0, 0.05) is 0 Å². The lowest BCUT2D eigenvalue weighted by Gasteiger charge is -2.19. The molecule has 0 aliphatic heterocycles. The van der Waals surface area contributed by atoms with Crippen LogP contribution in [0.3, 0.4) is 0 Å². The SMILES string of the molecule is Cc1ccc2c(-c3cccc(-c4cccc5ccccc45)c3)c3ccccc3c(-c3cccc(-c4cccc5ccccc45)c3)c2c1. The summed E-state index contributed by atoms with van der Waals surface area (Å²) in [6, 6.07) is 64.7. The molecule has 0 fully saturated rings. The molecule has 0 heteroatoms. The van der Waals surface area contributed by atoms with Crippen LogP contribution in [0.5, 0.6) is 0 Å². The standard InChI is InChI=1S/C47H32/c1-31-26-27-44-45(28-31)47(37-19-9-17-35(30-37)41-25-11-15-33-13-3-5-21-39(33)41)43-23-7-6-22-42(43)46(44)36-18-8-16-34(29-36)40-24-10-14-32-12-2-4-20-38(32)40/h2-30H,1H3. The minimum atomic E-state index is 1.23. The van der Waals surface area contributed by atoms with E-state index in [0.29, 0.717) is 0 Å². The summed E-state index contributed by atoms with van der Waals surface area (Å²) in [5, 5.41) is 10.2. The largest absolute Gasteiger partial charge is 0.0616 e. The van der Waals surface area contributed by atoms with Gasteiger partial charge < -0.3 is 0 Å². The van der Waals surface area contributed by atoms with Crippen molar-refractivity contribution in [3.63, 3.8) is 0 Å². The van der Waals surface area contributed by atoms with Crippen molar-refractivity contribution >= 4 is 43.1 Å². The topological polar surface area (TPSA) is 0 Å². The number of fused-ring (bicyclic) bond motifs is 4. The Morgan fingerprint density at radius 1 is 0.277 bits per heavy atom. The Hall–Kier alpha value is -5.98. The Kier molecular flexibility index (Phi) is 6.47. The maximum Gasteiger partial charge on any atom is -0.00261 e. The van der Waals surface area contributed by atoms with Crippen molar-refractivity contribution in [1.29, 1.82) is 0 Å². The molecular weight excluding hydrogens is 565 g/mol. The van der Waals surface area contributed by atoms with Gasteiger partial charge in [0.25, 0.3) is 0 Å². The minimum Gasteiger partial charge on any atom is -0.0616 e. The molecule has 0 bridgehead atoms. The molecular formula is C47H32. The van der Waals surface area contributed by atoms with E-state index in [1.165, 1.54) is 93.2 Å². The Balaban J connectivity index is 1.30. The molecule has 0 aliphatic carbocycles. The van der Waals surface area contributed by atoms with Crippen molar-refractivity contribution in [3.05, 3.63) is 181 Å². The van der Waals surface area contributed by atoms with Crippen LogP contribution < -0.4 is 0 Å². The molecule has 0 N–H and O–H groups in total. The molecule has 0 nitrogen and oxygen atoms in total. The molecule has 0 atom stereocenters. The summed E-state index contributed by atoms with van der Waals surface area (Å²) < 4.78 is 0. The van der Waals surface area contributed by atoms with Crippen LogP contribution in [0.15, 0.2) is 176 Å². The lowest BCUT2D eigenvalue weighted by molar-refractivity contribution is 1.51. The molecule has 0 unspecified atom stereocenters. The van der Waals surface area contributed by atoms with E-state index in [4.69, 9.17) is 0 Å². The average Bonchev–Trinajstić information content (AvgIpc) is 3.13. The average molecular weight is 597 g/mol. The highest BCUT2D eigenvalue weighted by Gasteiger charge is 2.18. The van der Waals surface area contributed by atoms with Crippen molar-refractivity contribution in [2.45, 2.75) is 6.92 Å². The second-order valence-electron chi connectivity index (χ2n) is 12.6. The predicted molar refractivity (Wildman–Crippen MR) is 203 cm³/mol. The van der Waals surface area contributed by atoms with Crippen LogP contribution in [0.1, 0.15) is 5.56 Å². The zero-order valence-electron chi connectivity index (χ0n) is 26.2. The van der Waals surface area contributed by atoms with E-state index in [2.05, 4.69) is 183 Å². The molecule has 9 aromatic rings. The molecule has 47 heavy (non-hydrogen) atoms. The monoisotopic (exact) mass is 596 g/mol. The second-order valence-corrected chi connectivity index (χ2v) is 12.6. The van der Waals surface area contributed by atoms with Gasteiger partial charge >= 0.3 is 0 Å². The van der Waals surface area contributed by atoms with Crippen LogP contribution in [0, 0.1) is 6.92 Å². The summed E-state index contributed by atoms with van der Waals surface area (Å²) in [6.45, 7) is 2.20. The van der Waals surface area contributed by atoms with Crippen LogP contribution in [0.25, 0.3) is 87.6 Å². The fourth-order valence-corrected chi connectivity index (χ4v) is 7.55. The molecule has 0 saturated heterocycles. The summed E-state index contributed by atoms with van der Waals surface area (Å²) >= 11 is 0. The number of rotatable bonds is 4. The first-order valence-electron chi connectivity index (χ1n) is 16.4. The van der Waals surface area contributed by atoms with Gasteiger partial charge in [-0.15, -0.1) is 0 Å². The molecule has 0 radical (unpaired) electrons. The first-order chi connectivity index (χ1) is 23.2. The second kappa shape index (κ2) is 11.1. The molecule has 9 rings (SSSR count). The summed E-state index contributed by atoms with van der Waals surface area (Å²) in [7, 11) is 0. The molecule has 0 saturated carbocycles. The van der Waals surface area contributed by atoms with Crippen LogP contribution in [0.2, 0.25) is 0 Å². The van der Waals surface area contributed by atoms with E-state index in [1.807, 2.05) is 0 Å². The van der Waals surface area contributed by atoms with Gasteiger partial charge in [0.1, 0.15) is 0 Å². The fraction of sp³-hybridized carbons (Fsp3) is 0.0213. The number of aryl methyl sites for hydroxylation is 1. The minimum absolute atomic E-state index is 1.23. The van der Waals surface area contributed by atoms with Gasteiger partial charge in [0.05, 0.1) is 0 Å². The highest BCUT2D eigenvalue weighted by Crippen LogP contribution is 2.45. The van der Waals surface area contributed by atoms with Gasteiger partial charge in [0.2, 0.25) is 0 Å². The Morgan fingerprint density at radius 3 is 1.23 bits per heavy atom. The van der Waals surface area contributed by atoms with E-state index in [0.717, 1.165) is 0 Å². The van der Waals surface area contributed by atoms with Crippen LogP contribution in [0.4, 0.5) is 0 Å². The summed E-state index contributed by atoms with van der Waals surface area (Å²) in [5.74, 6) is 0. The van der Waals surface area contributed by atoms with Gasteiger partial charge in [-0.2, -0.15) is 0 Å². The van der Waals surface area contributed by atoms with Gasteiger partial charge in [-0.05, 0) is 107 Å². The fourth-order valence-electron chi connectivity index (χ4n) is 7.55.